The highest BCUT2D eigenvalue weighted by Crippen LogP contribution is 1.99. The summed E-state index contributed by atoms with van der Waals surface area (Å²) in [5, 5.41) is 6.38. The van der Waals surface area contributed by atoms with Crippen molar-refractivity contribution in [1.82, 2.24) is 10.6 Å². The van der Waals surface area contributed by atoms with Crippen molar-refractivity contribution in [1.29, 1.82) is 0 Å². The normalized spacial score (nSPS) is 11.9. The van der Waals surface area contributed by atoms with Crippen LogP contribution in [-0.2, 0) is 4.79 Å². The highest BCUT2D eigenvalue weighted by Gasteiger charge is 2.01. The van der Waals surface area contributed by atoms with Crippen LogP contribution in [0.4, 0.5) is 0 Å². The summed E-state index contributed by atoms with van der Waals surface area (Å²) in [6, 6.07) is 0. The summed E-state index contributed by atoms with van der Waals surface area (Å²) in [5.74, 6) is 0.540. The quantitative estimate of drug-likeness (QED) is 0.682. The van der Waals surface area contributed by atoms with Crippen molar-refractivity contribution < 1.29 is 4.79 Å². The molecular formula is C10H18Cl2N2O. The van der Waals surface area contributed by atoms with E-state index in [1.807, 2.05) is 0 Å². The molecule has 2 N–H and O–H groups in total. The highest BCUT2D eigenvalue weighted by atomic mass is 35.5. The first kappa shape index (κ1) is 14.8. The SMILES string of the molecule is CC(C)CNC(=O)CCNCC(Cl)=CCl. The number of halogens is 2. The number of rotatable bonds is 7. The highest BCUT2D eigenvalue weighted by molar-refractivity contribution is 6.36. The lowest BCUT2D eigenvalue weighted by atomic mass is 10.2. The molecule has 0 aromatic rings. The third kappa shape index (κ3) is 10.0. The Morgan fingerprint density at radius 3 is 2.67 bits per heavy atom. The molecule has 0 radical (unpaired) electrons. The van der Waals surface area contributed by atoms with Crippen molar-refractivity contribution in [3.8, 4) is 0 Å². The summed E-state index contributed by atoms with van der Waals surface area (Å²) in [6.45, 7) is 5.95. The molecule has 0 fully saturated rings. The predicted octanol–water partition coefficient (Wildman–Crippen LogP) is 2.06. The van der Waals surface area contributed by atoms with E-state index < -0.39 is 0 Å². The standard InChI is InChI=1S/C10H18Cl2N2O/c1-8(2)6-14-10(15)3-4-13-7-9(12)5-11/h5,8,13H,3-4,6-7H2,1-2H3,(H,14,15). The van der Waals surface area contributed by atoms with Crippen LogP contribution in [-0.4, -0.2) is 25.5 Å². The van der Waals surface area contributed by atoms with Crippen molar-refractivity contribution in [3.63, 3.8) is 0 Å². The Hall–Kier alpha value is -0.250. The van der Waals surface area contributed by atoms with Crippen LogP contribution in [0.2, 0.25) is 0 Å². The van der Waals surface area contributed by atoms with Gasteiger partial charge in [-0.1, -0.05) is 37.0 Å². The molecule has 88 valence electrons. The molecule has 5 heteroatoms. The van der Waals surface area contributed by atoms with Gasteiger partial charge in [0.05, 0.1) is 0 Å². The number of amides is 1. The zero-order chi connectivity index (χ0) is 11.7. The van der Waals surface area contributed by atoms with Gasteiger partial charge >= 0.3 is 0 Å². The third-order valence-corrected chi connectivity index (χ3v) is 2.27. The molecule has 15 heavy (non-hydrogen) atoms. The summed E-state index contributed by atoms with van der Waals surface area (Å²) in [7, 11) is 0. The lowest BCUT2D eigenvalue weighted by Gasteiger charge is -2.07. The van der Waals surface area contributed by atoms with Gasteiger partial charge in [-0.15, -0.1) is 0 Å². The van der Waals surface area contributed by atoms with Crippen LogP contribution < -0.4 is 10.6 Å². The minimum absolute atomic E-state index is 0.0576. The van der Waals surface area contributed by atoms with Crippen LogP contribution in [0.3, 0.4) is 0 Å². The smallest absolute Gasteiger partial charge is 0.221 e. The van der Waals surface area contributed by atoms with Gasteiger partial charge in [0.25, 0.3) is 0 Å². The summed E-state index contributed by atoms with van der Waals surface area (Å²) >= 11 is 11.0. The molecule has 0 saturated heterocycles. The molecule has 1 amide bonds. The largest absolute Gasteiger partial charge is 0.356 e. The van der Waals surface area contributed by atoms with E-state index in [1.54, 1.807) is 0 Å². The number of hydrogen-bond donors (Lipinski definition) is 2. The Bertz CT molecular complexity index is 217. The van der Waals surface area contributed by atoms with Crippen molar-refractivity contribution in [3.05, 3.63) is 10.6 Å². The summed E-state index contributed by atoms with van der Waals surface area (Å²) in [5.41, 5.74) is 1.31. The fraction of sp³-hybridized carbons (Fsp3) is 0.700. The molecule has 0 aromatic heterocycles. The molecule has 0 saturated carbocycles. The van der Waals surface area contributed by atoms with Crippen LogP contribution in [0, 0.1) is 5.92 Å². The Balaban J connectivity index is 3.39. The van der Waals surface area contributed by atoms with E-state index in [4.69, 9.17) is 23.2 Å². The van der Waals surface area contributed by atoms with Gasteiger partial charge < -0.3 is 10.6 Å². The topological polar surface area (TPSA) is 41.1 Å². The zero-order valence-corrected chi connectivity index (χ0v) is 10.7. The molecule has 3 nitrogen and oxygen atoms in total. The summed E-state index contributed by atoms with van der Waals surface area (Å²) in [4.78, 5) is 11.2. The molecule has 0 heterocycles. The second-order valence-electron chi connectivity index (χ2n) is 3.68. The fourth-order valence-electron chi connectivity index (χ4n) is 0.855. The van der Waals surface area contributed by atoms with Gasteiger partial charge in [0, 0.05) is 36.6 Å². The maximum Gasteiger partial charge on any atom is 0.221 e. The predicted molar refractivity (Wildman–Crippen MR) is 65.1 cm³/mol. The molecule has 0 aliphatic rings. The van der Waals surface area contributed by atoms with Crippen LogP contribution in [0.15, 0.2) is 10.6 Å². The molecule has 0 aliphatic carbocycles. The molecule has 0 bridgehead atoms. The van der Waals surface area contributed by atoms with E-state index >= 15 is 0 Å². The van der Waals surface area contributed by atoms with Crippen LogP contribution in [0.1, 0.15) is 20.3 Å². The third-order valence-electron chi connectivity index (χ3n) is 1.65. The average Bonchev–Trinajstić information content (AvgIpc) is 2.21. The van der Waals surface area contributed by atoms with Crippen LogP contribution >= 0.6 is 23.2 Å². The maximum atomic E-state index is 11.2. The van der Waals surface area contributed by atoms with E-state index in [1.165, 1.54) is 5.54 Å². The molecule has 0 aromatic carbocycles. The Labute approximate surface area is 101 Å². The zero-order valence-electron chi connectivity index (χ0n) is 9.15. The Morgan fingerprint density at radius 2 is 2.13 bits per heavy atom. The van der Waals surface area contributed by atoms with E-state index in [2.05, 4.69) is 24.5 Å². The number of nitrogens with one attached hydrogen (secondary N) is 2. The van der Waals surface area contributed by atoms with E-state index in [0.29, 0.717) is 30.5 Å². The molecular weight excluding hydrogens is 235 g/mol. The van der Waals surface area contributed by atoms with Crippen molar-refractivity contribution in [2.45, 2.75) is 20.3 Å². The van der Waals surface area contributed by atoms with Crippen molar-refractivity contribution in [2.75, 3.05) is 19.6 Å². The average molecular weight is 253 g/mol. The molecule has 0 aliphatic heterocycles. The first-order valence-electron chi connectivity index (χ1n) is 4.98. The minimum Gasteiger partial charge on any atom is -0.356 e. The van der Waals surface area contributed by atoms with Gasteiger partial charge in [0.2, 0.25) is 5.91 Å². The maximum absolute atomic E-state index is 11.2. The molecule has 0 atom stereocenters. The first-order chi connectivity index (χ1) is 7.06. The van der Waals surface area contributed by atoms with Gasteiger partial charge in [0.1, 0.15) is 0 Å². The van der Waals surface area contributed by atoms with Gasteiger partial charge in [-0.3, -0.25) is 4.79 Å². The van der Waals surface area contributed by atoms with Crippen molar-refractivity contribution in [2.24, 2.45) is 5.92 Å². The number of carbonyl (C=O) groups excluding carboxylic acids is 1. The lowest BCUT2D eigenvalue weighted by molar-refractivity contribution is -0.121. The minimum atomic E-state index is 0.0576. The molecule has 0 spiro atoms. The van der Waals surface area contributed by atoms with Gasteiger partial charge in [-0.25, -0.2) is 0 Å². The van der Waals surface area contributed by atoms with Crippen molar-refractivity contribution >= 4 is 29.1 Å². The summed E-state index contributed by atoms with van der Waals surface area (Å²) < 4.78 is 0. The Morgan fingerprint density at radius 1 is 1.47 bits per heavy atom. The number of hydrogen-bond acceptors (Lipinski definition) is 2. The van der Waals surface area contributed by atoms with E-state index in [-0.39, 0.29) is 5.91 Å². The van der Waals surface area contributed by atoms with E-state index in [0.717, 1.165) is 6.54 Å². The second-order valence-corrected chi connectivity index (χ2v) is 4.38. The lowest BCUT2D eigenvalue weighted by Crippen LogP contribution is -2.30. The first-order valence-corrected chi connectivity index (χ1v) is 5.80. The van der Waals surface area contributed by atoms with Crippen LogP contribution in [0.5, 0.6) is 0 Å². The van der Waals surface area contributed by atoms with Gasteiger partial charge in [0.15, 0.2) is 0 Å². The monoisotopic (exact) mass is 252 g/mol. The van der Waals surface area contributed by atoms with Gasteiger partial charge in [-0.05, 0) is 5.92 Å². The summed E-state index contributed by atoms with van der Waals surface area (Å²) in [6.07, 6.45) is 0.458. The molecule has 0 rings (SSSR count). The second kappa shape index (κ2) is 9.01. The fourth-order valence-corrected chi connectivity index (χ4v) is 1.03. The van der Waals surface area contributed by atoms with E-state index in [9.17, 15) is 4.79 Å². The van der Waals surface area contributed by atoms with Crippen LogP contribution in [0.25, 0.3) is 0 Å². The Kier molecular flexibility index (Phi) is 8.86. The molecule has 0 unspecified atom stereocenters. The van der Waals surface area contributed by atoms with Gasteiger partial charge in [-0.2, -0.15) is 0 Å². The number of carbonyl (C=O) groups is 1.